The van der Waals surface area contributed by atoms with E-state index < -0.39 is 5.91 Å². The van der Waals surface area contributed by atoms with Gasteiger partial charge < -0.3 is 8.83 Å². The first-order valence-corrected chi connectivity index (χ1v) is 9.64. The Kier molecular flexibility index (Phi) is 5.13. The number of fused-ring (bicyclic) bond motifs is 1. The highest BCUT2D eigenvalue weighted by Gasteiger charge is 2.12. The van der Waals surface area contributed by atoms with Gasteiger partial charge in [0.15, 0.2) is 10.9 Å². The lowest BCUT2D eigenvalue weighted by atomic mass is 10.2. The van der Waals surface area contributed by atoms with Crippen molar-refractivity contribution in [2.24, 2.45) is 5.10 Å². The molecule has 0 aliphatic heterocycles. The second-order valence-electron chi connectivity index (χ2n) is 5.55. The summed E-state index contributed by atoms with van der Waals surface area (Å²) in [6.45, 7) is 0. The largest absolute Gasteiger partial charge is 0.451 e. The lowest BCUT2D eigenvalue weighted by Crippen LogP contribution is -2.16. The maximum Gasteiger partial charge on any atom is 0.307 e. The Morgan fingerprint density at radius 3 is 2.63 bits per heavy atom. The molecule has 134 valence electrons. The molecule has 1 amide bonds. The van der Waals surface area contributed by atoms with Gasteiger partial charge in [-0.15, -0.1) is 0 Å². The summed E-state index contributed by atoms with van der Waals surface area (Å²) in [7, 11) is 0. The first kappa shape index (κ1) is 17.6. The summed E-state index contributed by atoms with van der Waals surface area (Å²) in [5.74, 6) is 0.298. The van der Waals surface area contributed by atoms with Crippen molar-refractivity contribution < 1.29 is 13.6 Å². The van der Waals surface area contributed by atoms with Gasteiger partial charge in [-0.2, -0.15) is 5.10 Å². The van der Waals surface area contributed by atoms with E-state index in [0.29, 0.717) is 16.4 Å². The zero-order chi connectivity index (χ0) is 18.6. The number of furan rings is 2. The van der Waals surface area contributed by atoms with Crippen LogP contribution >= 0.6 is 27.7 Å². The molecule has 2 aromatic carbocycles. The number of halogens is 1. The molecule has 0 unspecified atom stereocenters. The van der Waals surface area contributed by atoms with Crippen LogP contribution in [0.25, 0.3) is 11.0 Å². The Labute approximate surface area is 167 Å². The zero-order valence-electron chi connectivity index (χ0n) is 13.9. The van der Waals surface area contributed by atoms with Crippen molar-refractivity contribution in [1.82, 2.24) is 5.43 Å². The molecule has 0 aliphatic carbocycles. The molecule has 0 bridgehead atoms. The number of amides is 1. The molecule has 0 saturated heterocycles. The highest BCUT2D eigenvalue weighted by atomic mass is 79.9. The normalized spacial score (nSPS) is 11.3. The Hall–Kier alpha value is -2.77. The SMILES string of the molecule is O=C(N/N=C/c1cc(Br)c(Sc2ccccc2)o1)c1cc2ccccc2o1. The fourth-order valence-corrected chi connectivity index (χ4v) is 3.75. The summed E-state index contributed by atoms with van der Waals surface area (Å²) in [6, 6.07) is 20.8. The van der Waals surface area contributed by atoms with Crippen LogP contribution in [0, 0.1) is 0 Å². The number of rotatable bonds is 5. The highest BCUT2D eigenvalue weighted by molar-refractivity contribution is 9.10. The molecule has 4 aromatic rings. The molecule has 0 atom stereocenters. The van der Waals surface area contributed by atoms with E-state index in [9.17, 15) is 4.79 Å². The third-order valence-corrected chi connectivity index (χ3v) is 5.48. The topological polar surface area (TPSA) is 67.7 Å². The van der Waals surface area contributed by atoms with E-state index in [2.05, 4.69) is 26.5 Å². The van der Waals surface area contributed by atoms with Crippen molar-refractivity contribution >= 4 is 50.8 Å². The molecule has 27 heavy (non-hydrogen) atoms. The molecule has 7 heteroatoms. The average Bonchev–Trinajstić information content (AvgIpc) is 3.26. The smallest absolute Gasteiger partial charge is 0.307 e. The van der Waals surface area contributed by atoms with E-state index in [-0.39, 0.29) is 5.76 Å². The van der Waals surface area contributed by atoms with Gasteiger partial charge in [-0.1, -0.05) is 48.2 Å². The van der Waals surface area contributed by atoms with Crippen molar-refractivity contribution in [3.8, 4) is 0 Å². The van der Waals surface area contributed by atoms with Gasteiger partial charge >= 0.3 is 5.91 Å². The first-order chi connectivity index (χ1) is 13.2. The number of para-hydroxylation sites is 1. The summed E-state index contributed by atoms with van der Waals surface area (Å²) in [6.07, 6.45) is 1.44. The Balaban J connectivity index is 1.42. The number of hydrazone groups is 1. The number of benzene rings is 2. The Morgan fingerprint density at radius 1 is 1.04 bits per heavy atom. The van der Waals surface area contributed by atoms with Gasteiger partial charge in [0.05, 0.1) is 10.7 Å². The second kappa shape index (κ2) is 7.85. The molecule has 0 spiro atoms. The fourth-order valence-electron chi connectivity index (χ4n) is 2.40. The van der Waals surface area contributed by atoms with Crippen molar-refractivity contribution in [2.75, 3.05) is 0 Å². The van der Waals surface area contributed by atoms with Gasteiger partial charge in [0.25, 0.3) is 0 Å². The number of nitrogens with zero attached hydrogens (tertiary/aromatic N) is 1. The monoisotopic (exact) mass is 440 g/mol. The van der Waals surface area contributed by atoms with E-state index in [1.807, 2.05) is 54.6 Å². The van der Waals surface area contributed by atoms with Gasteiger partial charge in [0.1, 0.15) is 11.3 Å². The minimum atomic E-state index is -0.424. The summed E-state index contributed by atoms with van der Waals surface area (Å²) in [5.41, 5.74) is 3.10. The van der Waals surface area contributed by atoms with E-state index in [4.69, 9.17) is 8.83 Å². The van der Waals surface area contributed by atoms with Crippen molar-refractivity contribution in [2.45, 2.75) is 9.99 Å². The molecular formula is C20H13BrN2O3S. The summed E-state index contributed by atoms with van der Waals surface area (Å²) >= 11 is 4.97. The lowest BCUT2D eigenvalue weighted by molar-refractivity contribution is 0.0929. The molecule has 0 fully saturated rings. The van der Waals surface area contributed by atoms with E-state index in [0.717, 1.165) is 14.8 Å². The minimum absolute atomic E-state index is 0.203. The Morgan fingerprint density at radius 2 is 1.81 bits per heavy atom. The molecule has 0 saturated carbocycles. The third-order valence-electron chi connectivity index (χ3n) is 3.64. The summed E-state index contributed by atoms with van der Waals surface area (Å²) < 4.78 is 12.1. The van der Waals surface area contributed by atoms with Crippen molar-refractivity contribution in [3.05, 3.63) is 82.7 Å². The van der Waals surface area contributed by atoms with E-state index in [1.54, 1.807) is 12.1 Å². The van der Waals surface area contributed by atoms with Crippen molar-refractivity contribution in [3.63, 3.8) is 0 Å². The second-order valence-corrected chi connectivity index (χ2v) is 7.45. The number of hydrogen-bond donors (Lipinski definition) is 1. The number of hydrogen-bond acceptors (Lipinski definition) is 5. The van der Waals surface area contributed by atoms with Gasteiger partial charge in [0.2, 0.25) is 0 Å². The molecule has 5 nitrogen and oxygen atoms in total. The molecule has 2 aromatic heterocycles. The van der Waals surface area contributed by atoms with Crippen LogP contribution < -0.4 is 5.43 Å². The van der Waals surface area contributed by atoms with Crippen LogP contribution in [-0.4, -0.2) is 12.1 Å². The number of carbonyl (C=O) groups excluding carboxylic acids is 1. The molecule has 2 heterocycles. The lowest BCUT2D eigenvalue weighted by Gasteiger charge is -1.97. The van der Waals surface area contributed by atoms with Crippen LogP contribution in [-0.2, 0) is 0 Å². The summed E-state index contributed by atoms with van der Waals surface area (Å²) in [4.78, 5) is 13.2. The zero-order valence-corrected chi connectivity index (χ0v) is 16.3. The van der Waals surface area contributed by atoms with Crippen LogP contribution in [0.5, 0.6) is 0 Å². The molecule has 0 aliphatic rings. The molecular weight excluding hydrogens is 428 g/mol. The maximum atomic E-state index is 12.2. The molecule has 4 rings (SSSR count). The fraction of sp³-hybridized carbons (Fsp3) is 0. The van der Waals surface area contributed by atoms with Gasteiger partial charge in [-0.3, -0.25) is 4.79 Å². The molecule has 0 radical (unpaired) electrons. The predicted molar refractivity (Wildman–Crippen MR) is 108 cm³/mol. The predicted octanol–water partition coefficient (Wildman–Crippen LogP) is 5.70. The number of nitrogens with one attached hydrogen (secondary N) is 1. The minimum Gasteiger partial charge on any atom is -0.451 e. The maximum absolute atomic E-state index is 12.2. The van der Waals surface area contributed by atoms with Gasteiger partial charge in [-0.05, 0) is 40.2 Å². The standard InChI is InChI=1S/C20H13BrN2O3S/c21-16-11-14(25-20(16)27-15-7-2-1-3-8-15)12-22-23-19(24)18-10-13-6-4-5-9-17(13)26-18/h1-12H,(H,23,24)/b22-12+. The van der Waals surface area contributed by atoms with Crippen molar-refractivity contribution in [1.29, 1.82) is 0 Å². The number of carbonyl (C=O) groups is 1. The van der Waals surface area contributed by atoms with Gasteiger partial charge in [0, 0.05) is 16.3 Å². The Bertz CT molecular complexity index is 1090. The van der Waals surface area contributed by atoms with Crippen LogP contribution in [0.4, 0.5) is 0 Å². The van der Waals surface area contributed by atoms with Gasteiger partial charge in [-0.25, -0.2) is 5.43 Å². The van der Waals surface area contributed by atoms with E-state index >= 15 is 0 Å². The molecule has 1 N–H and O–H groups in total. The van der Waals surface area contributed by atoms with Crippen LogP contribution in [0.2, 0.25) is 0 Å². The highest BCUT2D eigenvalue weighted by Crippen LogP contribution is 2.35. The third kappa shape index (κ3) is 4.15. The van der Waals surface area contributed by atoms with Crippen LogP contribution in [0.15, 0.2) is 95.1 Å². The van der Waals surface area contributed by atoms with Crippen LogP contribution in [0.3, 0.4) is 0 Å². The summed E-state index contributed by atoms with van der Waals surface area (Å²) in [5, 5.41) is 5.52. The average molecular weight is 441 g/mol. The quantitative estimate of drug-likeness (QED) is 0.319. The van der Waals surface area contributed by atoms with E-state index in [1.165, 1.54) is 18.0 Å². The first-order valence-electron chi connectivity index (χ1n) is 8.03. The van der Waals surface area contributed by atoms with Crippen LogP contribution in [0.1, 0.15) is 16.3 Å².